The number of aliphatic hydroxyl groups is 1. The second-order valence-corrected chi connectivity index (χ2v) is 9.01. The van der Waals surface area contributed by atoms with Crippen LogP contribution < -0.4 is 15.5 Å². The molecule has 0 saturated heterocycles. The first-order chi connectivity index (χ1) is 13.7. The number of carbonyl (C=O) groups excluding carboxylic acids is 1. The maximum Gasteiger partial charge on any atom is 0.282 e. The molecule has 0 radical (unpaired) electrons. The molecular formula is C20H26N2O6S. The van der Waals surface area contributed by atoms with Crippen LogP contribution in [0.15, 0.2) is 59.5 Å². The molecule has 2 aromatic rings. The molecule has 9 heteroatoms. The molecule has 0 spiro atoms. The van der Waals surface area contributed by atoms with E-state index >= 15 is 0 Å². The Hall–Kier alpha value is -2.46. The highest BCUT2D eigenvalue weighted by atomic mass is 32.2. The minimum absolute atomic E-state index is 0.0343. The van der Waals surface area contributed by atoms with Gasteiger partial charge in [-0.05, 0) is 35.7 Å². The topological polar surface area (TPSA) is 125 Å². The summed E-state index contributed by atoms with van der Waals surface area (Å²) in [5.74, 6) is -1.46. The van der Waals surface area contributed by atoms with Gasteiger partial charge in [0, 0.05) is 6.54 Å². The zero-order valence-electron chi connectivity index (χ0n) is 16.5. The number of benzene rings is 2. The molecule has 2 aromatic carbocycles. The van der Waals surface area contributed by atoms with Crippen molar-refractivity contribution in [3.63, 3.8) is 0 Å². The van der Waals surface area contributed by atoms with E-state index in [1.807, 2.05) is 0 Å². The first-order valence-corrected chi connectivity index (χ1v) is 10.5. The van der Waals surface area contributed by atoms with E-state index in [-0.39, 0.29) is 11.4 Å². The minimum Gasteiger partial charge on any atom is -0.497 e. The van der Waals surface area contributed by atoms with Crippen LogP contribution in [0.5, 0.6) is 5.75 Å². The predicted molar refractivity (Wildman–Crippen MR) is 107 cm³/mol. The SMILES string of the molecule is COc1ccc(S(=O)(=O)[C@@](NCc2ccccc2)(C(=O)NO)C(O)C(C)C)cc1. The maximum atomic E-state index is 13.6. The lowest BCUT2D eigenvalue weighted by atomic mass is 9.98. The molecule has 0 aliphatic rings. The number of aliphatic hydroxyl groups excluding tert-OH is 1. The van der Waals surface area contributed by atoms with Gasteiger partial charge in [-0.15, -0.1) is 0 Å². The van der Waals surface area contributed by atoms with Crippen molar-refractivity contribution < 1.29 is 28.3 Å². The fraction of sp³-hybridized carbons (Fsp3) is 0.350. The summed E-state index contributed by atoms with van der Waals surface area (Å²) in [6, 6.07) is 14.3. The predicted octanol–water partition coefficient (Wildman–Crippen LogP) is 1.48. The Bertz CT molecular complexity index is 916. The molecule has 4 N–H and O–H groups in total. The lowest BCUT2D eigenvalue weighted by molar-refractivity contribution is -0.137. The number of sulfone groups is 1. The number of hydrogen-bond acceptors (Lipinski definition) is 7. The van der Waals surface area contributed by atoms with Crippen LogP contribution >= 0.6 is 0 Å². The molecule has 0 heterocycles. The maximum absolute atomic E-state index is 13.6. The molecule has 8 nitrogen and oxygen atoms in total. The van der Waals surface area contributed by atoms with Gasteiger partial charge in [0.05, 0.1) is 18.1 Å². The van der Waals surface area contributed by atoms with Gasteiger partial charge in [-0.25, -0.2) is 13.9 Å². The third kappa shape index (κ3) is 4.43. The molecule has 1 unspecified atom stereocenters. The Balaban J connectivity index is 2.63. The number of amides is 1. The molecule has 158 valence electrons. The quantitative estimate of drug-likeness (QED) is 0.356. The number of hydrogen-bond donors (Lipinski definition) is 4. The second-order valence-electron chi connectivity index (χ2n) is 6.88. The van der Waals surface area contributed by atoms with Crippen LogP contribution in [0.3, 0.4) is 0 Å². The van der Waals surface area contributed by atoms with Crippen molar-refractivity contribution in [1.29, 1.82) is 0 Å². The Morgan fingerprint density at radius 1 is 1.10 bits per heavy atom. The van der Waals surface area contributed by atoms with Crippen LogP contribution in [0.25, 0.3) is 0 Å². The Labute approximate surface area is 170 Å². The van der Waals surface area contributed by atoms with Crippen molar-refractivity contribution >= 4 is 15.7 Å². The van der Waals surface area contributed by atoms with Crippen LogP contribution in [0.4, 0.5) is 0 Å². The molecule has 0 fully saturated rings. The van der Waals surface area contributed by atoms with Gasteiger partial charge in [-0.3, -0.25) is 15.3 Å². The van der Waals surface area contributed by atoms with Crippen molar-refractivity contribution in [3.05, 3.63) is 60.2 Å². The highest BCUT2D eigenvalue weighted by molar-refractivity contribution is 7.93. The molecule has 0 aliphatic heterocycles. The highest BCUT2D eigenvalue weighted by Crippen LogP contribution is 2.32. The fourth-order valence-electron chi connectivity index (χ4n) is 3.02. The number of rotatable bonds is 9. The van der Waals surface area contributed by atoms with E-state index < -0.39 is 32.6 Å². The van der Waals surface area contributed by atoms with Gasteiger partial charge in [0.15, 0.2) is 0 Å². The molecular weight excluding hydrogens is 396 g/mol. The summed E-state index contributed by atoms with van der Waals surface area (Å²) in [7, 11) is -3.06. The second kappa shape index (κ2) is 9.36. The Kier molecular flexibility index (Phi) is 7.37. The standard InChI is InChI=1S/C20H26N2O6S/c1-14(2)18(23)20(19(24)22-25,21-13-15-7-5-4-6-8-15)29(26,27)17-11-9-16(28-3)10-12-17/h4-12,14,18,21,23,25H,13H2,1-3H3,(H,22,24)/t18?,20-/m1/s1. The van der Waals surface area contributed by atoms with Gasteiger partial charge in [-0.2, -0.15) is 0 Å². The molecule has 0 bridgehead atoms. The number of hydroxylamine groups is 1. The third-order valence-corrected chi connectivity index (χ3v) is 6.99. The smallest absolute Gasteiger partial charge is 0.282 e. The average Bonchev–Trinajstić information content (AvgIpc) is 2.74. The minimum atomic E-state index is -4.50. The van der Waals surface area contributed by atoms with Gasteiger partial charge < -0.3 is 9.84 Å². The lowest BCUT2D eigenvalue weighted by Gasteiger charge is -2.38. The number of nitrogens with one attached hydrogen (secondary N) is 2. The van der Waals surface area contributed by atoms with Gasteiger partial charge in [0.2, 0.25) is 14.7 Å². The van der Waals surface area contributed by atoms with E-state index in [4.69, 9.17) is 4.74 Å². The van der Waals surface area contributed by atoms with Crippen molar-refractivity contribution in [3.8, 4) is 5.75 Å². The summed E-state index contributed by atoms with van der Waals surface area (Å²) >= 11 is 0. The van der Waals surface area contributed by atoms with Crippen molar-refractivity contribution in [2.75, 3.05) is 7.11 Å². The first-order valence-electron chi connectivity index (χ1n) is 9.01. The monoisotopic (exact) mass is 422 g/mol. The molecule has 2 rings (SSSR count). The molecule has 1 amide bonds. The highest BCUT2D eigenvalue weighted by Gasteiger charge is 2.57. The normalized spacial score (nSPS) is 14.8. The summed E-state index contributed by atoms with van der Waals surface area (Å²) in [6.07, 6.45) is -1.66. The van der Waals surface area contributed by atoms with Crippen LogP contribution in [0.1, 0.15) is 19.4 Å². The average molecular weight is 423 g/mol. The molecule has 0 aliphatic carbocycles. The van der Waals surface area contributed by atoms with Gasteiger partial charge >= 0.3 is 0 Å². The molecule has 0 saturated carbocycles. The van der Waals surface area contributed by atoms with E-state index in [1.54, 1.807) is 44.2 Å². The van der Waals surface area contributed by atoms with E-state index in [1.165, 1.54) is 36.9 Å². The van der Waals surface area contributed by atoms with Crippen molar-refractivity contribution in [2.45, 2.75) is 36.3 Å². The number of carbonyl (C=O) groups is 1. The van der Waals surface area contributed by atoms with Gasteiger partial charge in [-0.1, -0.05) is 44.2 Å². The third-order valence-electron chi connectivity index (χ3n) is 4.68. The summed E-state index contributed by atoms with van der Waals surface area (Å²) in [5.41, 5.74) is 2.11. The zero-order valence-corrected chi connectivity index (χ0v) is 17.3. The zero-order chi connectivity index (χ0) is 21.7. The van der Waals surface area contributed by atoms with E-state index in [9.17, 15) is 23.5 Å². The van der Waals surface area contributed by atoms with Crippen LogP contribution in [0, 0.1) is 5.92 Å². The van der Waals surface area contributed by atoms with Crippen molar-refractivity contribution in [2.24, 2.45) is 5.92 Å². The van der Waals surface area contributed by atoms with Crippen LogP contribution in [-0.4, -0.2) is 42.7 Å². The summed E-state index contributed by atoms with van der Waals surface area (Å²) in [4.78, 5) is 10.0. The van der Waals surface area contributed by atoms with Crippen LogP contribution in [-0.2, 0) is 21.2 Å². The molecule has 0 aromatic heterocycles. The molecule has 29 heavy (non-hydrogen) atoms. The fourth-order valence-corrected chi connectivity index (χ4v) is 5.03. The number of ether oxygens (including phenoxy) is 1. The van der Waals surface area contributed by atoms with E-state index in [0.29, 0.717) is 11.3 Å². The van der Waals surface area contributed by atoms with Crippen molar-refractivity contribution in [1.82, 2.24) is 10.8 Å². The largest absolute Gasteiger partial charge is 0.497 e. The summed E-state index contributed by atoms with van der Waals surface area (Å²) in [5, 5.41) is 22.9. The summed E-state index contributed by atoms with van der Waals surface area (Å²) < 4.78 is 32.2. The van der Waals surface area contributed by atoms with Crippen LogP contribution in [0.2, 0.25) is 0 Å². The summed E-state index contributed by atoms with van der Waals surface area (Å²) in [6.45, 7) is 3.13. The van der Waals surface area contributed by atoms with Gasteiger partial charge in [0.1, 0.15) is 5.75 Å². The first kappa shape index (κ1) is 22.8. The number of methoxy groups -OCH3 is 1. The van der Waals surface area contributed by atoms with E-state index in [2.05, 4.69) is 5.32 Å². The lowest BCUT2D eigenvalue weighted by Crippen LogP contribution is -2.68. The Morgan fingerprint density at radius 3 is 2.17 bits per heavy atom. The Morgan fingerprint density at radius 2 is 1.69 bits per heavy atom. The van der Waals surface area contributed by atoms with E-state index in [0.717, 1.165) is 0 Å². The molecule has 2 atom stereocenters. The van der Waals surface area contributed by atoms with Gasteiger partial charge in [0.25, 0.3) is 5.91 Å².